The molecule has 0 aliphatic heterocycles. The molecule has 8 nitrogen and oxygen atoms in total. The summed E-state index contributed by atoms with van der Waals surface area (Å²) in [4.78, 5) is 23.8. The van der Waals surface area contributed by atoms with Gasteiger partial charge in [0.25, 0.3) is 0 Å². The van der Waals surface area contributed by atoms with Crippen LogP contribution in [0.25, 0.3) is 10.9 Å². The van der Waals surface area contributed by atoms with Gasteiger partial charge in [0, 0.05) is 16.8 Å². The molecule has 8 heteroatoms. The summed E-state index contributed by atoms with van der Waals surface area (Å²) in [6.07, 6.45) is 2.13. The monoisotopic (exact) mass is 401 g/mol. The van der Waals surface area contributed by atoms with Crippen molar-refractivity contribution in [1.29, 1.82) is 0 Å². The lowest BCUT2D eigenvalue weighted by atomic mass is 10.1. The van der Waals surface area contributed by atoms with E-state index in [1.165, 1.54) is 6.33 Å². The highest BCUT2D eigenvalue weighted by molar-refractivity contribution is 5.93. The molecule has 0 spiro atoms. The Balaban J connectivity index is 1.72. The predicted molar refractivity (Wildman–Crippen MR) is 114 cm³/mol. The van der Waals surface area contributed by atoms with Gasteiger partial charge in [0.15, 0.2) is 0 Å². The average Bonchev–Trinajstić information content (AvgIpc) is 2.74. The summed E-state index contributed by atoms with van der Waals surface area (Å²) < 4.78 is 5.71. The zero-order valence-corrected chi connectivity index (χ0v) is 16.5. The number of hydrogen-bond acceptors (Lipinski definition) is 7. The van der Waals surface area contributed by atoms with Crippen molar-refractivity contribution in [2.24, 2.45) is 0 Å². The molecule has 0 atom stereocenters. The first-order valence-corrected chi connectivity index (χ1v) is 9.44. The van der Waals surface area contributed by atoms with Gasteiger partial charge in [-0.15, -0.1) is 0 Å². The van der Waals surface area contributed by atoms with E-state index in [1.54, 1.807) is 12.1 Å². The van der Waals surface area contributed by atoms with Crippen LogP contribution in [-0.2, 0) is 6.42 Å². The Labute approximate surface area is 172 Å². The van der Waals surface area contributed by atoms with Gasteiger partial charge in [0.1, 0.15) is 12.1 Å². The number of ether oxygens (including phenoxy) is 1. The third-order valence-electron chi connectivity index (χ3n) is 4.64. The minimum atomic E-state index is -0.550. The molecule has 1 N–H and O–H groups in total. The van der Waals surface area contributed by atoms with E-state index in [2.05, 4.69) is 20.3 Å². The molecule has 0 amide bonds. The van der Waals surface area contributed by atoms with Crippen molar-refractivity contribution in [3.63, 3.8) is 0 Å². The molecule has 2 aromatic carbocycles. The number of aryl methyl sites for hydroxylation is 2. The van der Waals surface area contributed by atoms with Crippen LogP contribution in [0.3, 0.4) is 0 Å². The number of anilines is 2. The topological polar surface area (TPSA) is 103 Å². The maximum atomic E-state index is 11.8. The van der Waals surface area contributed by atoms with Crippen molar-refractivity contribution >= 4 is 28.1 Å². The van der Waals surface area contributed by atoms with Crippen LogP contribution < -0.4 is 10.1 Å². The molecular formula is C22H19N5O3. The van der Waals surface area contributed by atoms with E-state index in [1.807, 2.05) is 56.3 Å². The summed E-state index contributed by atoms with van der Waals surface area (Å²) in [7, 11) is 0. The molecule has 4 aromatic rings. The Bertz CT molecular complexity index is 1230. The molecule has 2 heterocycles. The Morgan fingerprint density at radius 3 is 2.60 bits per heavy atom. The van der Waals surface area contributed by atoms with Crippen LogP contribution in [0.1, 0.15) is 18.2 Å². The van der Waals surface area contributed by atoms with Gasteiger partial charge in [-0.05, 0) is 55.3 Å². The lowest BCUT2D eigenvalue weighted by molar-refractivity contribution is -0.385. The van der Waals surface area contributed by atoms with E-state index in [0.717, 1.165) is 28.6 Å². The molecule has 0 bridgehead atoms. The van der Waals surface area contributed by atoms with Gasteiger partial charge in [0.2, 0.25) is 5.82 Å². The molecule has 0 radical (unpaired) electrons. The number of hydrogen-bond donors (Lipinski definition) is 1. The lowest BCUT2D eigenvalue weighted by Crippen LogP contribution is -2.04. The fourth-order valence-electron chi connectivity index (χ4n) is 3.09. The first-order chi connectivity index (χ1) is 14.5. The zero-order valence-electron chi connectivity index (χ0n) is 16.5. The van der Waals surface area contributed by atoms with Gasteiger partial charge < -0.3 is 10.1 Å². The van der Waals surface area contributed by atoms with Crippen LogP contribution in [0, 0.1) is 17.0 Å². The Kier molecular flexibility index (Phi) is 5.21. The minimum Gasteiger partial charge on any atom is -0.434 e. The van der Waals surface area contributed by atoms with E-state index < -0.39 is 4.92 Å². The minimum absolute atomic E-state index is 0.0447. The summed E-state index contributed by atoms with van der Waals surface area (Å²) in [6, 6.07) is 16.7. The molecule has 0 aliphatic rings. The van der Waals surface area contributed by atoms with E-state index in [-0.39, 0.29) is 17.4 Å². The van der Waals surface area contributed by atoms with Crippen molar-refractivity contribution in [3.8, 4) is 11.6 Å². The van der Waals surface area contributed by atoms with Gasteiger partial charge >= 0.3 is 11.6 Å². The molecular weight excluding hydrogens is 382 g/mol. The van der Waals surface area contributed by atoms with Gasteiger partial charge in [-0.2, -0.15) is 4.98 Å². The number of nitro groups is 1. The predicted octanol–water partition coefficient (Wildman–Crippen LogP) is 5.34. The number of nitrogens with one attached hydrogen (secondary N) is 1. The Hall–Kier alpha value is -4.07. The highest BCUT2D eigenvalue weighted by Crippen LogP contribution is 2.36. The first kappa shape index (κ1) is 19.3. The van der Waals surface area contributed by atoms with Gasteiger partial charge in [-0.3, -0.25) is 15.1 Å². The summed E-state index contributed by atoms with van der Waals surface area (Å²) >= 11 is 0. The average molecular weight is 401 g/mol. The molecule has 0 saturated carbocycles. The fourth-order valence-corrected chi connectivity index (χ4v) is 3.09. The summed E-state index contributed by atoms with van der Waals surface area (Å²) in [5.74, 6) is 0.379. The lowest BCUT2D eigenvalue weighted by Gasteiger charge is -2.11. The molecule has 0 aliphatic carbocycles. The summed E-state index contributed by atoms with van der Waals surface area (Å²) in [5.41, 5.74) is 3.12. The number of rotatable bonds is 6. The highest BCUT2D eigenvalue weighted by Gasteiger charge is 2.25. The van der Waals surface area contributed by atoms with Crippen LogP contribution in [0.2, 0.25) is 0 Å². The molecule has 0 saturated heterocycles. The Morgan fingerprint density at radius 1 is 1.07 bits per heavy atom. The van der Waals surface area contributed by atoms with Gasteiger partial charge in [-0.25, -0.2) is 4.98 Å². The second-order valence-corrected chi connectivity index (χ2v) is 6.68. The number of fused-ring (bicyclic) bond motifs is 1. The van der Waals surface area contributed by atoms with Crippen molar-refractivity contribution < 1.29 is 9.66 Å². The van der Waals surface area contributed by atoms with Gasteiger partial charge in [0.05, 0.1) is 10.4 Å². The molecule has 30 heavy (non-hydrogen) atoms. The highest BCUT2D eigenvalue weighted by atomic mass is 16.6. The standard InChI is InChI=1S/C22H19N5O3/c1-3-15-8-10-16(11-9-15)30-22-20(27(28)29)21(23-13-24-22)26-19-6-4-5-18-17(19)12-7-14(2)25-18/h4-13H,3H2,1-2H3,(H,23,24,26). The van der Waals surface area contributed by atoms with Crippen LogP contribution >= 0.6 is 0 Å². The van der Waals surface area contributed by atoms with Crippen LogP contribution in [-0.4, -0.2) is 19.9 Å². The normalized spacial score (nSPS) is 10.7. The van der Waals surface area contributed by atoms with Gasteiger partial charge in [-0.1, -0.05) is 25.1 Å². The fraction of sp³-hybridized carbons (Fsp3) is 0.136. The molecule has 2 aromatic heterocycles. The number of pyridine rings is 1. The third-order valence-corrected chi connectivity index (χ3v) is 4.64. The van der Waals surface area contributed by atoms with E-state index in [0.29, 0.717) is 11.4 Å². The second kappa shape index (κ2) is 8.12. The smallest absolute Gasteiger partial charge is 0.373 e. The molecule has 4 rings (SSSR count). The summed E-state index contributed by atoms with van der Waals surface area (Å²) in [6.45, 7) is 3.96. The van der Waals surface area contributed by atoms with Crippen molar-refractivity contribution in [1.82, 2.24) is 15.0 Å². The Morgan fingerprint density at radius 2 is 1.87 bits per heavy atom. The van der Waals surface area contributed by atoms with Crippen LogP contribution in [0.5, 0.6) is 11.6 Å². The van der Waals surface area contributed by atoms with Crippen LogP contribution in [0.15, 0.2) is 60.9 Å². The van der Waals surface area contributed by atoms with E-state index in [4.69, 9.17) is 4.74 Å². The zero-order chi connectivity index (χ0) is 21.1. The van der Waals surface area contributed by atoms with Crippen molar-refractivity contribution in [3.05, 3.63) is 82.3 Å². The largest absolute Gasteiger partial charge is 0.434 e. The first-order valence-electron chi connectivity index (χ1n) is 9.44. The van der Waals surface area contributed by atoms with E-state index in [9.17, 15) is 10.1 Å². The maximum Gasteiger partial charge on any atom is 0.373 e. The molecule has 0 fully saturated rings. The van der Waals surface area contributed by atoms with Crippen molar-refractivity contribution in [2.75, 3.05) is 5.32 Å². The number of nitrogens with zero attached hydrogens (tertiary/aromatic N) is 4. The third kappa shape index (κ3) is 3.88. The van der Waals surface area contributed by atoms with Crippen molar-refractivity contribution in [2.45, 2.75) is 20.3 Å². The number of benzene rings is 2. The molecule has 150 valence electrons. The van der Waals surface area contributed by atoms with E-state index >= 15 is 0 Å². The second-order valence-electron chi connectivity index (χ2n) is 6.68. The summed E-state index contributed by atoms with van der Waals surface area (Å²) in [5, 5.41) is 15.7. The quantitative estimate of drug-likeness (QED) is 0.343. The SMILES string of the molecule is CCc1ccc(Oc2ncnc(Nc3cccc4nc(C)ccc34)c2[N+](=O)[O-])cc1. The molecule has 0 unspecified atom stereocenters. The number of aromatic nitrogens is 3. The van der Waals surface area contributed by atoms with Crippen LogP contribution in [0.4, 0.5) is 17.2 Å². The maximum absolute atomic E-state index is 11.8.